The van der Waals surface area contributed by atoms with Crippen molar-refractivity contribution in [1.29, 1.82) is 0 Å². The van der Waals surface area contributed by atoms with Gasteiger partial charge >= 0.3 is 0 Å². The Morgan fingerprint density at radius 3 is 2.59 bits per heavy atom. The molecule has 0 unspecified atom stereocenters. The first-order chi connectivity index (χ1) is 12.8. The standard InChI is InChI=1S/C21H25BrN2O3/c1-14(2)13-23-21(26)16-7-8-19(15(3)11-16)24-20(25)9-10-27-18-6-4-5-17(22)12-18/h4-8,11-12,14H,9-10,13H2,1-3H3,(H,23,26)(H,24,25). The van der Waals surface area contributed by atoms with Crippen molar-refractivity contribution in [2.75, 3.05) is 18.5 Å². The SMILES string of the molecule is Cc1cc(C(=O)NCC(C)C)ccc1NC(=O)CCOc1cccc(Br)c1. The molecule has 0 fully saturated rings. The molecule has 0 saturated heterocycles. The third kappa shape index (κ3) is 7.06. The van der Waals surface area contributed by atoms with Crippen molar-refractivity contribution in [2.45, 2.75) is 27.2 Å². The van der Waals surface area contributed by atoms with E-state index in [9.17, 15) is 9.59 Å². The van der Waals surface area contributed by atoms with Crippen molar-refractivity contribution < 1.29 is 14.3 Å². The number of aryl methyl sites for hydroxylation is 1. The molecule has 2 aromatic carbocycles. The van der Waals surface area contributed by atoms with Gasteiger partial charge in [0.2, 0.25) is 5.91 Å². The zero-order chi connectivity index (χ0) is 19.8. The largest absolute Gasteiger partial charge is 0.493 e. The van der Waals surface area contributed by atoms with E-state index in [-0.39, 0.29) is 24.8 Å². The molecule has 144 valence electrons. The number of benzene rings is 2. The molecule has 0 aliphatic carbocycles. The van der Waals surface area contributed by atoms with Crippen LogP contribution in [0.1, 0.15) is 36.2 Å². The normalized spacial score (nSPS) is 10.6. The number of anilines is 1. The second-order valence-corrected chi connectivity index (χ2v) is 7.65. The Morgan fingerprint density at radius 1 is 1.15 bits per heavy atom. The Kier molecular flexibility index (Phi) is 7.85. The van der Waals surface area contributed by atoms with Crippen LogP contribution in [0.15, 0.2) is 46.9 Å². The van der Waals surface area contributed by atoms with E-state index >= 15 is 0 Å². The van der Waals surface area contributed by atoms with Crippen LogP contribution in [0.4, 0.5) is 5.69 Å². The second kappa shape index (κ2) is 10.1. The van der Waals surface area contributed by atoms with Gasteiger partial charge in [0.15, 0.2) is 0 Å². The van der Waals surface area contributed by atoms with Gasteiger partial charge in [0, 0.05) is 22.3 Å². The Morgan fingerprint density at radius 2 is 1.93 bits per heavy atom. The van der Waals surface area contributed by atoms with Gasteiger partial charge in [-0.1, -0.05) is 35.8 Å². The van der Waals surface area contributed by atoms with E-state index in [0.717, 1.165) is 10.0 Å². The van der Waals surface area contributed by atoms with Crippen LogP contribution in [0.5, 0.6) is 5.75 Å². The summed E-state index contributed by atoms with van der Waals surface area (Å²) in [5.74, 6) is 0.871. The van der Waals surface area contributed by atoms with Crippen molar-refractivity contribution in [3.63, 3.8) is 0 Å². The van der Waals surface area contributed by atoms with Crippen molar-refractivity contribution in [2.24, 2.45) is 5.92 Å². The fourth-order valence-electron chi connectivity index (χ4n) is 2.38. The van der Waals surface area contributed by atoms with Gasteiger partial charge in [0.05, 0.1) is 13.0 Å². The summed E-state index contributed by atoms with van der Waals surface area (Å²) in [5.41, 5.74) is 2.13. The predicted octanol–water partition coefficient (Wildman–Crippen LogP) is 4.55. The Bertz CT molecular complexity index is 806. The maximum absolute atomic E-state index is 12.1. The first-order valence-corrected chi connectivity index (χ1v) is 9.71. The number of hydrogen-bond acceptors (Lipinski definition) is 3. The molecule has 2 amide bonds. The summed E-state index contributed by atoms with van der Waals surface area (Å²) in [6.45, 7) is 6.88. The summed E-state index contributed by atoms with van der Waals surface area (Å²) in [6.07, 6.45) is 0.239. The van der Waals surface area contributed by atoms with Crippen molar-refractivity contribution in [1.82, 2.24) is 5.32 Å². The Balaban J connectivity index is 1.85. The smallest absolute Gasteiger partial charge is 0.251 e. The zero-order valence-corrected chi connectivity index (χ0v) is 17.4. The highest BCUT2D eigenvalue weighted by atomic mass is 79.9. The van der Waals surface area contributed by atoms with E-state index in [0.29, 0.717) is 29.5 Å². The van der Waals surface area contributed by atoms with E-state index in [1.54, 1.807) is 18.2 Å². The quantitative estimate of drug-likeness (QED) is 0.642. The van der Waals surface area contributed by atoms with Gasteiger partial charge in [-0.25, -0.2) is 0 Å². The number of amides is 2. The molecular formula is C21H25BrN2O3. The highest BCUT2D eigenvalue weighted by Crippen LogP contribution is 2.19. The van der Waals surface area contributed by atoms with Crippen molar-refractivity contribution >= 4 is 33.4 Å². The van der Waals surface area contributed by atoms with Gasteiger partial charge < -0.3 is 15.4 Å². The molecule has 0 heterocycles. The lowest BCUT2D eigenvalue weighted by molar-refractivity contribution is -0.116. The van der Waals surface area contributed by atoms with Crippen LogP contribution in [0.2, 0.25) is 0 Å². The van der Waals surface area contributed by atoms with Gasteiger partial charge in [-0.15, -0.1) is 0 Å². The van der Waals surface area contributed by atoms with Crippen LogP contribution < -0.4 is 15.4 Å². The van der Waals surface area contributed by atoms with E-state index < -0.39 is 0 Å². The van der Waals surface area contributed by atoms with Gasteiger partial charge in [-0.3, -0.25) is 9.59 Å². The van der Waals surface area contributed by atoms with E-state index in [2.05, 4.69) is 26.6 Å². The molecule has 0 aromatic heterocycles. The Hall–Kier alpha value is -2.34. The minimum atomic E-state index is -0.134. The maximum atomic E-state index is 12.1. The molecular weight excluding hydrogens is 408 g/mol. The molecule has 0 bridgehead atoms. The van der Waals surface area contributed by atoms with Crippen LogP contribution in [0, 0.1) is 12.8 Å². The molecule has 2 aromatic rings. The molecule has 0 saturated carbocycles. The molecule has 0 spiro atoms. The fourth-order valence-corrected chi connectivity index (χ4v) is 2.75. The molecule has 6 heteroatoms. The molecule has 5 nitrogen and oxygen atoms in total. The minimum absolute atomic E-state index is 0.105. The van der Waals surface area contributed by atoms with Crippen LogP contribution in [0.25, 0.3) is 0 Å². The lowest BCUT2D eigenvalue weighted by Gasteiger charge is -2.12. The second-order valence-electron chi connectivity index (χ2n) is 6.74. The van der Waals surface area contributed by atoms with Gasteiger partial charge in [0.1, 0.15) is 5.75 Å². The highest BCUT2D eigenvalue weighted by Gasteiger charge is 2.10. The molecule has 0 aliphatic heterocycles. The average molecular weight is 433 g/mol. The first-order valence-electron chi connectivity index (χ1n) is 8.92. The van der Waals surface area contributed by atoms with Gasteiger partial charge in [0.25, 0.3) is 5.91 Å². The molecule has 2 rings (SSSR count). The third-order valence-corrected chi connectivity index (χ3v) is 4.32. The zero-order valence-electron chi connectivity index (χ0n) is 15.8. The van der Waals surface area contributed by atoms with E-state index in [4.69, 9.17) is 4.74 Å². The molecule has 2 N–H and O–H groups in total. The summed E-state index contributed by atoms with van der Waals surface area (Å²) >= 11 is 3.38. The van der Waals surface area contributed by atoms with Gasteiger partial charge in [-0.05, 0) is 54.8 Å². The number of carbonyl (C=O) groups is 2. The van der Waals surface area contributed by atoms with Gasteiger partial charge in [-0.2, -0.15) is 0 Å². The number of rotatable bonds is 8. The maximum Gasteiger partial charge on any atom is 0.251 e. The van der Waals surface area contributed by atoms with Crippen LogP contribution in [-0.2, 0) is 4.79 Å². The van der Waals surface area contributed by atoms with Crippen molar-refractivity contribution in [3.05, 3.63) is 58.1 Å². The number of hydrogen-bond donors (Lipinski definition) is 2. The summed E-state index contributed by atoms with van der Waals surface area (Å²) in [4.78, 5) is 24.3. The van der Waals surface area contributed by atoms with E-state index in [1.807, 2.05) is 45.0 Å². The van der Waals surface area contributed by atoms with Crippen LogP contribution in [0.3, 0.4) is 0 Å². The first kappa shape index (κ1) is 21.0. The van der Waals surface area contributed by atoms with E-state index in [1.165, 1.54) is 0 Å². The molecule has 0 atom stereocenters. The minimum Gasteiger partial charge on any atom is -0.493 e. The summed E-state index contributed by atoms with van der Waals surface area (Å²) in [5, 5.41) is 5.75. The lowest BCUT2D eigenvalue weighted by Crippen LogP contribution is -2.27. The molecule has 0 aliphatic rings. The molecule has 27 heavy (non-hydrogen) atoms. The van der Waals surface area contributed by atoms with Crippen molar-refractivity contribution in [3.8, 4) is 5.75 Å². The molecule has 0 radical (unpaired) electrons. The summed E-state index contributed by atoms with van der Waals surface area (Å²) in [6, 6.07) is 12.7. The fraction of sp³-hybridized carbons (Fsp3) is 0.333. The van der Waals surface area contributed by atoms with Crippen LogP contribution in [-0.4, -0.2) is 25.0 Å². The average Bonchev–Trinajstić information content (AvgIpc) is 2.61. The summed E-state index contributed by atoms with van der Waals surface area (Å²) in [7, 11) is 0. The number of carbonyl (C=O) groups excluding carboxylic acids is 2. The monoisotopic (exact) mass is 432 g/mol. The van der Waals surface area contributed by atoms with Crippen LogP contribution >= 0.6 is 15.9 Å². The highest BCUT2D eigenvalue weighted by molar-refractivity contribution is 9.10. The topological polar surface area (TPSA) is 67.4 Å². The number of ether oxygens (including phenoxy) is 1. The summed E-state index contributed by atoms with van der Waals surface area (Å²) < 4.78 is 6.51. The predicted molar refractivity (Wildman–Crippen MR) is 111 cm³/mol. The number of halogens is 1. The third-order valence-electron chi connectivity index (χ3n) is 3.83. The lowest BCUT2D eigenvalue weighted by atomic mass is 10.1. The number of nitrogens with one attached hydrogen (secondary N) is 2. The Labute approximate surface area is 168 Å².